The van der Waals surface area contributed by atoms with E-state index in [0.717, 1.165) is 21.4 Å². The Hall–Kier alpha value is -1.85. The van der Waals surface area contributed by atoms with Crippen molar-refractivity contribution in [3.05, 3.63) is 59.1 Å². The van der Waals surface area contributed by atoms with Crippen LogP contribution in [0.1, 0.15) is 5.56 Å². The van der Waals surface area contributed by atoms with E-state index in [1.54, 1.807) is 36.0 Å². The first-order chi connectivity index (χ1) is 10.2. The largest absolute Gasteiger partial charge is 0.493 e. The molecule has 0 amide bonds. The van der Waals surface area contributed by atoms with Gasteiger partial charge in [-0.05, 0) is 36.4 Å². The van der Waals surface area contributed by atoms with Crippen LogP contribution in [0.15, 0.2) is 58.6 Å². The van der Waals surface area contributed by atoms with Crippen molar-refractivity contribution in [1.82, 2.24) is 0 Å². The van der Waals surface area contributed by atoms with Crippen molar-refractivity contribution in [2.24, 2.45) is 10.9 Å². The van der Waals surface area contributed by atoms with Gasteiger partial charge in [0.05, 0.1) is 11.6 Å². The second-order valence-corrected chi connectivity index (χ2v) is 5.68. The molecule has 0 fully saturated rings. The Morgan fingerprint density at radius 2 is 1.90 bits per heavy atom. The molecule has 2 aromatic carbocycles. The molecule has 0 unspecified atom stereocenters. The molecule has 2 aromatic rings. The number of hydrogen-bond acceptors (Lipinski definition) is 4. The third-order valence-electron chi connectivity index (χ3n) is 2.70. The van der Waals surface area contributed by atoms with Crippen LogP contribution in [-0.4, -0.2) is 23.4 Å². The van der Waals surface area contributed by atoms with Crippen molar-refractivity contribution < 1.29 is 9.94 Å². The van der Waals surface area contributed by atoms with Crippen molar-refractivity contribution >= 4 is 29.2 Å². The predicted octanol–water partition coefficient (Wildman–Crippen LogP) is 3.61. The predicted molar refractivity (Wildman–Crippen MR) is 86.6 cm³/mol. The second kappa shape index (κ2) is 7.81. The Bertz CT molecular complexity index is 617. The number of halogens is 1. The van der Waals surface area contributed by atoms with Crippen molar-refractivity contribution in [2.45, 2.75) is 4.90 Å². The number of hydrogen-bond donors (Lipinski definition) is 2. The summed E-state index contributed by atoms with van der Waals surface area (Å²) in [6.45, 7) is 0.568. The average Bonchev–Trinajstić information content (AvgIpc) is 2.53. The summed E-state index contributed by atoms with van der Waals surface area (Å²) in [7, 11) is 0. The zero-order valence-corrected chi connectivity index (χ0v) is 12.8. The molecule has 110 valence electrons. The molecular weight excluding hydrogens is 308 g/mol. The standard InChI is InChI=1S/C15H15ClN2O2S/c16-13-3-1-2-4-14(13)21-10-9-20-12-7-5-11(6-8-12)15(17)18-19/h1-8,19H,9-10H2,(H2,17,18). The lowest BCUT2D eigenvalue weighted by Crippen LogP contribution is -2.12. The van der Waals surface area contributed by atoms with Crippen LogP contribution >= 0.6 is 23.4 Å². The summed E-state index contributed by atoms with van der Waals surface area (Å²) in [4.78, 5) is 1.05. The summed E-state index contributed by atoms with van der Waals surface area (Å²) in [5, 5.41) is 12.3. The van der Waals surface area contributed by atoms with Gasteiger partial charge >= 0.3 is 0 Å². The molecule has 0 atom stereocenters. The summed E-state index contributed by atoms with van der Waals surface area (Å²) in [5.74, 6) is 1.62. The highest BCUT2D eigenvalue weighted by molar-refractivity contribution is 7.99. The molecule has 3 N–H and O–H groups in total. The van der Waals surface area contributed by atoms with E-state index in [-0.39, 0.29) is 5.84 Å². The van der Waals surface area contributed by atoms with Crippen molar-refractivity contribution in [2.75, 3.05) is 12.4 Å². The first-order valence-electron chi connectivity index (χ1n) is 6.29. The molecule has 2 rings (SSSR count). The van der Waals surface area contributed by atoms with Crippen LogP contribution in [0.4, 0.5) is 0 Å². The highest BCUT2D eigenvalue weighted by Crippen LogP contribution is 2.26. The number of benzene rings is 2. The van der Waals surface area contributed by atoms with Gasteiger partial charge < -0.3 is 15.7 Å². The minimum atomic E-state index is 0.0795. The summed E-state index contributed by atoms with van der Waals surface area (Å²) < 4.78 is 5.63. The van der Waals surface area contributed by atoms with Crippen LogP contribution in [0.3, 0.4) is 0 Å². The summed E-state index contributed by atoms with van der Waals surface area (Å²) in [5.41, 5.74) is 6.14. The minimum Gasteiger partial charge on any atom is -0.493 e. The second-order valence-electron chi connectivity index (χ2n) is 4.14. The number of amidine groups is 1. The number of oxime groups is 1. The molecule has 0 saturated heterocycles. The lowest BCUT2D eigenvalue weighted by molar-refractivity contribution is 0.318. The third kappa shape index (κ3) is 4.58. The highest BCUT2D eigenvalue weighted by Gasteiger charge is 2.01. The average molecular weight is 323 g/mol. The Morgan fingerprint density at radius 1 is 1.19 bits per heavy atom. The number of nitrogens with two attached hydrogens (primary N) is 1. The summed E-state index contributed by atoms with van der Waals surface area (Å²) in [6, 6.07) is 14.8. The van der Waals surface area contributed by atoms with E-state index in [9.17, 15) is 0 Å². The van der Waals surface area contributed by atoms with Gasteiger partial charge in [-0.15, -0.1) is 11.8 Å². The maximum Gasteiger partial charge on any atom is 0.170 e. The van der Waals surface area contributed by atoms with Gasteiger partial charge in [0.25, 0.3) is 0 Å². The van der Waals surface area contributed by atoms with Crippen LogP contribution in [0.25, 0.3) is 0 Å². The fourth-order valence-corrected chi connectivity index (χ4v) is 2.72. The van der Waals surface area contributed by atoms with E-state index >= 15 is 0 Å². The van der Waals surface area contributed by atoms with E-state index in [2.05, 4.69) is 5.16 Å². The molecule has 0 heterocycles. The van der Waals surface area contributed by atoms with Gasteiger partial charge in [0, 0.05) is 16.2 Å². The van der Waals surface area contributed by atoms with Crippen LogP contribution in [0, 0.1) is 0 Å². The molecule has 21 heavy (non-hydrogen) atoms. The van der Waals surface area contributed by atoms with E-state index < -0.39 is 0 Å². The van der Waals surface area contributed by atoms with E-state index in [1.807, 2.05) is 24.3 Å². The topological polar surface area (TPSA) is 67.8 Å². The Morgan fingerprint density at radius 3 is 2.57 bits per heavy atom. The Kier molecular flexibility index (Phi) is 5.78. The van der Waals surface area contributed by atoms with Gasteiger partial charge in [-0.2, -0.15) is 0 Å². The quantitative estimate of drug-likeness (QED) is 0.213. The third-order valence-corrected chi connectivity index (χ3v) is 4.18. The minimum absolute atomic E-state index is 0.0795. The smallest absolute Gasteiger partial charge is 0.170 e. The normalized spacial score (nSPS) is 11.4. The number of ether oxygens (including phenoxy) is 1. The van der Waals surface area contributed by atoms with Crippen LogP contribution in [0.5, 0.6) is 5.75 Å². The maximum atomic E-state index is 8.58. The molecular formula is C15H15ClN2O2S. The zero-order valence-electron chi connectivity index (χ0n) is 11.2. The molecule has 0 aliphatic heterocycles. The van der Waals surface area contributed by atoms with Crippen molar-refractivity contribution in [3.8, 4) is 5.75 Å². The van der Waals surface area contributed by atoms with Crippen molar-refractivity contribution in [3.63, 3.8) is 0 Å². The molecule has 0 aliphatic rings. The number of rotatable bonds is 6. The maximum absolute atomic E-state index is 8.58. The van der Waals surface area contributed by atoms with Gasteiger partial charge in [0.1, 0.15) is 5.75 Å². The first-order valence-corrected chi connectivity index (χ1v) is 7.65. The van der Waals surface area contributed by atoms with Gasteiger partial charge in [-0.1, -0.05) is 28.9 Å². The lowest BCUT2D eigenvalue weighted by Gasteiger charge is -2.07. The number of nitrogens with zero attached hydrogens (tertiary/aromatic N) is 1. The Labute approximate surface area is 132 Å². The Balaban J connectivity index is 1.80. The van der Waals surface area contributed by atoms with Gasteiger partial charge in [0.2, 0.25) is 0 Å². The fourth-order valence-electron chi connectivity index (χ4n) is 1.65. The highest BCUT2D eigenvalue weighted by atomic mass is 35.5. The van der Waals surface area contributed by atoms with Gasteiger partial charge in [-0.25, -0.2) is 0 Å². The summed E-state index contributed by atoms with van der Waals surface area (Å²) >= 11 is 7.72. The number of thioether (sulfide) groups is 1. The summed E-state index contributed by atoms with van der Waals surface area (Å²) in [6.07, 6.45) is 0. The molecule has 4 nitrogen and oxygen atoms in total. The molecule has 0 spiro atoms. The molecule has 0 aromatic heterocycles. The van der Waals surface area contributed by atoms with Crippen LogP contribution in [0.2, 0.25) is 5.02 Å². The van der Waals surface area contributed by atoms with Crippen LogP contribution < -0.4 is 10.5 Å². The van der Waals surface area contributed by atoms with Crippen molar-refractivity contribution in [1.29, 1.82) is 0 Å². The van der Waals surface area contributed by atoms with Gasteiger partial charge in [-0.3, -0.25) is 0 Å². The lowest BCUT2D eigenvalue weighted by atomic mass is 10.2. The van der Waals surface area contributed by atoms with E-state index in [4.69, 9.17) is 27.3 Å². The van der Waals surface area contributed by atoms with Gasteiger partial charge in [0.15, 0.2) is 5.84 Å². The molecule has 0 aliphatic carbocycles. The molecule has 0 radical (unpaired) electrons. The van der Waals surface area contributed by atoms with Crippen LogP contribution in [-0.2, 0) is 0 Å². The zero-order chi connectivity index (χ0) is 15.1. The SMILES string of the molecule is N/C(=N/O)c1ccc(OCCSc2ccccc2Cl)cc1. The van der Waals surface area contributed by atoms with E-state index in [0.29, 0.717) is 12.2 Å². The molecule has 0 saturated carbocycles. The first kappa shape index (κ1) is 15.5. The molecule has 6 heteroatoms. The monoisotopic (exact) mass is 322 g/mol. The fraction of sp³-hybridized carbons (Fsp3) is 0.133. The molecule has 0 bridgehead atoms. The van der Waals surface area contributed by atoms with E-state index in [1.165, 1.54) is 0 Å².